The Kier molecular flexibility index (Phi) is 7.06. The van der Waals surface area contributed by atoms with E-state index in [0.717, 1.165) is 11.1 Å². The van der Waals surface area contributed by atoms with Gasteiger partial charge in [0.25, 0.3) is 5.91 Å². The number of carbonyl (C=O) groups excluding carboxylic acids is 2. The monoisotopic (exact) mass is 392 g/mol. The Morgan fingerprint density at radius 1 is 1.19 bits per heavy atom. The SMILES string of the molecule is CC(NC(=O)/C=C/c1ccc(OCC(N)=O)cc1)c1ccc(Cl)cc1Cl. The Balaban J connectivity index is 1.93. The van der Waals surface area contributed by atoms with Gasteiger partial charge in [-0.05, 0) is 48.4 Å². The average Bonchev–Trinajstić information content (AvgIpc) is 2.58. The smallest absolute Gasteiger partial charge is 0.255 e. The van der Waals surface area contributed by atoms with Crippen LogP contribution in [0.5, 0.6) is 5.75 Å². The standard InChI is InChI=1S/C19H18Cl2N2O3/c1-12(16-8-5-14(20)10-17(16)21)23-19(25)9-4-13-2-6-15(7-3-13)26-11-18(22)24/h2-10,12H,11H2,1H3,(H2,22,24)(H,23,25)/b9-4+. The van der Waals surface area contributed by atoms with Gasteiger partial charge in [-0.2, -0.15) is 0 Å². The molecule has 1 unspecified atom stereocenters. The second kappa shape index (κ2) is 9.27. The van der Waals surface area contributed by atoms with Crippen molar-refractivity contribution in [2.45, 2.75) is 13.0 Å². The van der Waals surface area contributed by atoms with E-state index in [0.29, 0.717) is 15.8 Å². The minimum Gasteiger partial charge on any atom is -0.484 e. The molecule has 0 aliphatic heterocycles. The van der Waals surface area contributed by atoms with E-state index in [4.69, 9.17) is 33.7 Å². The number of benzene rings is 2. The van der Waals surface area contributed by atoms with Gasteiger partial charge in [-0.25, -0.2) is 0 Å². The van der Waals surface area contributed by atoms with Gasteiger partial charge in [0.05, 0.1) is 6.04 Å². The van der Waals surface area contributed by atoms with Crippen molar-refractivity contribution in [1.29, 1.82) is 0 Å². The third kappa shape index (κ3) is 6.10. The van der Waals surface area contributed by atoms with Gasteiger partial charge in [0.1, 0.15) is 5.75 Å². The zero-order chi connectivity index (χ0) is 19.1. The summed E-state index contributed by atoms with van der Waals surface area (Å²) in [6, 6.07) is 11.8. The molecule has 0 bridgehead atoms. The molecule has 0 radical (unpaired) electrons. The molecule has 2 amide bonds. The van der Waals surface area contributed by atoms with Gasteiger partial charge >= 0.3 is 0 Å². The van der Waals surface area contributed by atoms with Crippen molar-refractivity contribution in [1.82, 2.24) is 5.32 Å². The van der Waals surface area contributed by atoms with Crippen molar-refractivity contribution in [2.24, 2.45) is 5.73 Å². The van der Waals surface area contributed by atoms with Gasteiger partial charge in [0.2, 0.25) is 5.91 Å². The number of amides is 2. The second-order valence-electron chi connectivity index (χ2n) is 5.55. The summed E-state index contributed by atoms with van der Waals surface area (Å²) in [6.45, 7) is 1.66. The minimum absolute atomic E-state index is 0.178. The predicted molar refractivity (Wildman–Crippen MR) is 103 cm³/mol. The lowest BCUT2D eigenvalue weighted by molar-refractivity contribution is -0.120. The molecule has 0 aliphatic rings. The first-order chi connectivity index (χ1) is 12.3. The van der Waals surface area contributed by atoms with Gasteiger partial charge in [-0.1, -0.05) is 41.4 Å². The Labute approximate surface area is 161 Å². The highest BCUT2D eigenvalue weighted by molar-refractivity contribution is 6.35. The third-order valence-corrected chi connectivity index (χ3v) is 4.04. The molecule has 0 saturated heterocycles. The maximum atomic E-state index is 12.1. The van der Waals surface area contributed by atoms with Gasteiger partial charge in [0.15, 0.2) is 6.61 Å². The fourth-order valence-electron chi connectivity index (χ4n) is 2.19. The Morgan fingerprint density at radius 2 is 1.88 bits per heavy atom. The van der Waals surface area contributed by atoms with E-state index in [2.05, 4.69) is 5.32 Å². The van der Waals surface area contributed by atoms with Crippen molar-refractivity contribution in [3.8, 4) is 5.75 Å². The minimum atomic E-state index is -0.541. The largest absolute Gasteiger partial charge is 0.484 e. The van der Waals surface area contributed by atoms with Crippen LogP contribution in [0.1, 0.15) is 24.1 Å². The third-order valence-electron chi connectivity index (χ3n) is 3.48. The Bertz CT molecular complexity index is 820. The van der Waals surface area contributed by atoms with Crippen molar-refractivity contribution in [3.63, 3.8) is 0 Å². The maximum absolute atomic E-state index is 12.1. The van der Waals surface area contributed by atoms with Gasteiger partial charge < -0.3 is 15.8 Å². The Hall–Kier alpha value is -2.50. The molecule has 2 rings (SSSR count). The number of hydrogen-bond acceptors (Lipinski definition) is 3. The van der Waals surface area contributed by atoms with E-state index in [1.54, 1.807) is 48.5 Å². The molecular formula is C19H18Cl2N2O3. The van der Waals surface area contributed by atoms with Crippen LogP contribution < -0.4 is 15.8 Å². The Morgan fingerprint density at radius 3 is 2.50 bits per heavy atom. The molecule has 2 aromatic carbocycles. The topological polar surface area (TPSA) is 81.4 Å². The summed E-state index contributed by atoms with van der Waals surface area (Å²) in [5.74, 6) is -0.269. The van der Waals surface area contributed by atoms with Crippen LogP contribution in [0.3, 0.4) is 0 Å². The first kappa shape index (κ1) is 19.8. The molecule has 0 aromatic heterocycles. The average molecular weight is 393 g/mol. The van der Waals surface area contributed by atoms with Crippen molar-refractivity contribution >= 4 is 41.1 Å². The summed E-state index contributed by atoms with van der Waals surface area (Å²) in [5, 5.41) is 3.88. The molecule has 26 heavy (non-hydrogen) atoms. The van der Waals surface area contributed by atoms with E-state index < -0.39 is 5.91 Å². The number of ether oxygens (including phenoxy) is 1. The quantitative estimate of drug-likeness (QED) is 0.703. The summed E-state index contributed by atoms with van der Waals surface area (Å²) in [5.41, 5.74) is 6.61. The summed E-state index contributed by atoms with van der Waals surface area (Å²) >= 11 is 12.0. The van der Waals surface area contributed by atoms with Crippen molar-refractivity contribution in [2.75, 3.05) is 6.61 Å². The number of rotatable bonds is 7. The lowest BCUT2D eigenvalue weighted by Crippen LogP contribution is -2.24. The van der Waals surface area contributed by atoms with Gasteiger partial charge in [-0.15, -0.1) is 0 Å². The molecule has 1 atom stereocenters. The zero-order valence-electron chi connectivity index (χ0n) is 14.0. The number of carbonyl (C=O) groups is 2. The summed E-state index contributed by atoms with van der Waals surface area (Å²) in [7, 11) is 0. The molecule has 0 spiro atoms. The predicted octanol–water partition coefficient (Wildman–Crippen LogP) is 3.75. The van der Waals surface area contributed by atoms with Crippen molar-refractivity contribution < 1.29 is 14.3 Å². The van der Waals surface area contributed by atoms with E-state index in [-0.39, 0.29) is 18.6 Å². The first-order valence-corrected chi connectivity index (χ1v) is 8.55. The first-order valence-electron chi connectivity index (χ1n) is 7.80. The molecule has 0 heterocycles. The fraction of sp³-hybridized carbons (Fsp3) is 0.158. The highest BCUT2D eigenvalue weighted by atomic mass is 35.5. The van der Waals surface area contributed by atoms with E-state index >= 15 is 0 Å². The van der Waals surface area contributed by atoms with Gasteiger partial charge in [-0.3, -0.25) is 9.59 Å². The van der Waals surface area contributed by atoms with E-state index in [1.807, 2.05) is 6.92 Å². The van der Waals surface area contributed by atoms with E-state index in [1.165, 1.54) is 6.08 Å². The molecule has 0 fully saturated rings. The van der Waals surface area contributed by atoms with Crippen LogP contribution in [0, 0.1) is 0 Å². The number of nitrogens with one attached hydrogen (secondary N) is 1. The van der Waals surface area contributed by atoms with E-state index in [9.17, 15) is 9.59 Å². The van der Waals surface area contributed by atoms with Crippen LogP contribution in [0.4, 0.5) is 0 Å². The van der Waals surface area contributed by atoms with Crippen molar-refractivity contribution in [3.05, 3.63) is 69.7 Å². The number of halogens is 2. The number of hydrogen-bond donors (Lipinski definition) is 2. The molecule has 0 saturated carbocycles. The van der Waals surface area contributed by atoms with Crippen LogP contribution >= 0.6 is 23.2 Å². The summed E-state index contributed by atoms with van der Waals surface area (Å²) in [6.07, 6.45) is 3.10. The lowest BCUT2D eigenvalue weighted by Gasteiger charge is -2.14. The fourth-order valence-corrected chi connectivity index (χ4v) is 2.77. The number of nitrogens with two attached hydrogens (primary N) is 1. The van der Waals surface area contributed by atoms with Gasteiger partial charge in [0, 0.05) is 16.1 Å². The van der Waals surface area contributed by atoms with Crippen LogP contribution in [0.25, 0.3) is 6.08 Å². The lowest BCUT2D eigenvalue weighted by atomic mass is 10.1. The highest BCUT2D eigenvalue weighted by Gasteiger charge is 2.11. The van der Waals surface area contributed by atoms with Crippen LogP contribution in [-0.2, 0) is 9.59 Å². The van der Waals surface area contributed by atoms with Crippen LogP contribution in [0.2, 0.25) is 10.0 Å². The summed E-state index contributed by atoms with van der Waals surface area (Å²) in [4.78, 5) is 22.8. The molecule has 2 aromatic rings. The molecule has 136 valence electrons. The molecule has 0 aliphatic carbocycles. The molecular weight excluding hydrogens is 375 g/mol. The molecule has 3 N–H and O–H groups in total. The van der Waals surface area contributed by atoms with Crippen LogP contribution in [-0.4, -0.2) is 18.4 Å². The molecule has 5 nitrogen and oxygen atoms in total. The summed E-state index contributed by atoms with van der Waals surface area (Å²) < 4.78 is 5.17. The highest BCUT2D eigenvalue weighted by Crippen LogP contribution is 2.26. The maximum Gasteiger partial charge on any atom is 0.255 e. The molecule has 7 heteroatoms. The van der Waals surface area contributed by atoms with Crippen LogP contribution in [0.15, 0.2) is 48.5 Å². The number of primary amides is 1. The normalized spacial score (nSPS) is 12.0. The second-order valence-corrected chi connectivity index (χ2v) is 6.40. The zero-order valence-corrected chi connectivity index (χ0v) is 15.6.